The Morgan fingerprint density at radius 3 is 2.42 bits per heavy atom. The number of unbranched alkanes of at least 4 members (excludes halogenated alkanes) is 3. The van der Waals surface area contributed by atoms with Crippen LogP contribution in [0.3, 0.4) is 0 Å². The molecule has 0 aliphatic heterocycles. The van der Waals surface area contributed by atoms with Crippen molar-refractivity contribution in [2.45, 2.75) is 71.4 Å². The van der Waals surface area contributed by atoms with Crippen LogP contribution in [0.15, 0.2) is 30.3 Å². The molecule has 1 amide bonds. The normalized spacial score (nSPS) is 11.8. The van der Waals surface area contributed by atoms with Gasteiger partial charge < -0.3 is 4.74 Å². The first-order valence-electron chi connectivity index (χ1n) is 8.81. The van der Waals surface area contributed by atoms with E-state index < -0.39 is 17.9 Å². The van der Waals surface area contributed by atoms with Gasteiger partial charge in [0.1, 0.15) is 6.61 Å². The van der Waals surface area contributed by atoms with Crippen LogP contribution in [-0.2, 0) is 20.9 Å². The molecule has 24 heavy (non-hydrogen) atoms. The van der Waals surface area contributed by atoms with Gasteiger partial charge >= 0.3 is 5.97 Å². The molecule has 0 unspecified atom stereocenters. The minimum atomic E-state index is -0.933. The fraction of sp³-hybridized carbons (Fsp3) is 0.579. The van der Waals surface area contributed by atoms with Crippen molar-refractivity contribution >= 4 is 11.9 Å². The Labute approximate surface area is 144 Å². The Bertz CT molecular complexity index is 489. The lowest BCUT2D eigenvalue weighted by molar-refractivity contribution is -0.190. The Balaban J connectivity index is 2.53. The highest BCUT2D eigenvalue weighted by Gasteiger charge is 2.29. The number of hydrogen-bond acceptors (Lipinski definition) is 4. The molecule has 0 bridgehead atoms. The third-order valence-corrected chi connectivity index (χ3v) is 3.85. The lowest BCUT2D eigenvalue weighted by Gasteiger charge is -2.24. The molecule has 0 heterocycles. The quantitative estimate of drug-likeness (QED) is 0.286. The van der Waals surface area contributed by atoms with Gasteiger partial charge in [-0.1, -0.05) is 69.9 Å². The van der Waals surface area contributed by atoms with Gasteiger partial charge in [0.15, 0.2) is 6.04 Å². The van der Waals surface area contributed by atoms with Gasteiger partial charge in [0.05, 0.1) is 0 Å². The zero-order valence-corrected chi connectivity index (χ0v) is 14.7. The molecule has 1 rings (SSSR count). The minimum absolute atomic E-state index is 0.137. The molecule has 0 radical (unpaired) electrons. The maximum Gasteiger partial charge on any atom is 0.331 e. The van der Waals surface area contributed by atoms with Crippen molar-refractivity contribution in [3.05, 3.63) is 35.9 Å². The first-order chi connectivity index (χ1) is 11.6. The molecule has 0 saturated carbocycles. The van der Waals surface area contributed by atoms with E-state index in [2.05, 4.69) is 6.92 Å². The summed E-state index contributed by atoms with van der Waals surface area (Å²) >= 11 is 0. The van der Waals surface area contributed by atoms with Crippen LogP contribution in [0.1, 0.15) is 64.4 Å². The van der Waals surface area contributed by atoms with Gasteiger partial charge in [-0.3, -0.25) is 10.0 Å². The van der Waals surface area contributed by atoms with Crippen LogP contribution in [0, 0.1) is 0 Å². The first-order valence-corrected chi connectivity index (χ1v) is 8.81. The van der Waals surface area contributed by atoms with E-state index in [1.807, 2.05) is 37.3 Å². The molecule has 1 atom stereocenters. The Hall–Kier alpha value is -1.88. The van der Waals surface area contributed by atoms with Crippen molar-refractivity contribution in [2.75, 3.05) is 0 Å². The summed E-state index contributed by atoms with van der Waals surface area (Å²) in [5.41, 5.74) is 0.872. The van der Waals surface area contributed by atoms with Crippen molar-refractivity contribution < 1.29 is 19.5 Å². The maximum atomic E-state index is 12.3. The molecule has 134 valence electrons. The SMILES string of the molecule is CCCCCCC(=O)N(O)[C@H](CCC)C(=O)OCc1ccccc1. The number of hydroxylamine groups is 2. The van der Waals surface area contributed by atoms with E-state index in [4.69, 9.17) is 4.74 Å². The molecule has 1 N–H and O–H groups in total. The van der Waals surface area contributed by atoms with E-state index in [1.165, 1.54) is 0 Å². The van der Waals surface area contributed by atoms with E-state index in [1.54, 1.807) is 0 Å². The van der Waals surface area contributed by atoms with Crippen molar-refractivity contribution in [2.24, 2.45) is 0 Å². The molecule has 1 aromatic carbocycles. The summed E-state index contributed by atoms with van der Waals surface area (Å²) in [5.74, 6) is -0.980. The Morgan fingerprint density at radius 1 is 1.08 bits per heavy atom. The number of amides is 1. The van der Waals surface area contributed by atoms with E-state index in [9.17, 15) is 14.8 Å². The van der Waals surface area contributed by atoms with Crippen LogP contribution < -0.4 is 0 Å². The average molecular weight is 335 g/mol. The van der Waals surface area contributed by atoms with Crippen LogP contribution in [0.4, 0.5) is 0 Å². The van der Waals surface area contributed by atoms with Crippen molar-refractivity contribution in [3.63, 3.8) is 0 Å². The van der Waals surface area contributed by atoms with Gasteiger partial charge in [-0.2, -0.15) is 0 Å². The predicted octanol–water partition coefficient (Wildman–Crippen LogP) is 4.09. The second-order valence-electron chi connectivity index (χ2n) is 5.95. The smallest absolute Gasteiger partial charge is 0.331 e. The standard InChI is InChI=1S/C19H29NO4/c1-3-5-6-10-14-18(21)20(23)17(11-4-2)19(22)24-15-16-12-8-7-9-13-16/h7-9,12-13,17,23H,3-6,10-11,14-15H2,1-2H3/t17-/m1/s1. The molecule has 0 aliphatic rings. The Morgan fingerprint density at radius 2 is 1.79 bits per heavy atom. The zero-order chi connectivity index (χ0) is 17.8. The topological polar surface area (TPSA) is 66.8 Å². The number of esters is 1. The van der Waals surface area contributed by atoms with E-state index >= 15 is 0 Å². The van der Waals surface area contributed by atoms with Gasteiger partial charge in [0.2, 0.25) is 5.91 Å². The predicted molar refractivity (Wildman–Crippen MR) is 92.3 cm³/mol. The highest BCUT2D eigenvalue weighted by atomic mass is 16.6. The van der Waals surface area contributed by atoms with Crippen LogP contribution in [0.25, 0.3) is 0 Å². The molecule has 0 fully saturated rings. The molecule has 0 saturated heterocycles. The van der Waals surface area contributed by atoms with Gasteiger partial charge in [-0.25, -0.2) is 9.86 Å². The van der Waals surface area contributed by atoms with Crippen molar-refractivity contribution in [1.29, 1.82) is 0 Å². The first kappa shape index (κ1) is 20.2. The number of hydrogen-bond donors (Lipinski definition) is 1. The monoisotopic (exact) mass is 335 g/mol. The summed E-state index contributed by atoms with van der Waals surface area (Å²) in [6.45, 7) is 4.13. The summed E-state index contributed by atoms with van der Waals surface area (Å²) < 4.78 is 5.26. The van der Waals surface area contributed by atoms with E-state index in [-0.39, 0.29) is 13.0 Å². The number of ether oxygens (including phenoxy) is 1. The van der Waals surface area contributed by atoms with Gasteiger partial charge in [0, 0.05) is 6.42 Å². The lowest BCUT2D eigenvalue weighted by Crippen LogP contribution is -2.43. The summed E-state index contributed by atoms with van der Waals surface area (Å²) in [4.78, 5) is 24.3. The number of nitrogens with zero attached hydrogens (tertiary/aromatic N) is 1. The molecule has 0 aromatic heterocycles. The zero-order valence-electron chi connectivity index (χ0n) is 14.7. The molecule has 5 nitrogen and oxygen atoms in total. The number of benzene rings is 1. The molecule has 5 heteroatoms. The second-order valence-corrected chi connectivity index (χ2v) is 5.95. The molecular formula is C19H29NO4. The second kappa shape index (κ2) is 11.6. The Kier molecular flexibility index (Phi) is 9.77. The minimum Gasteiger partial charge on any atom is -0.459 e. The summed E-state index contributed by atoms with van der Waals surface area (Å²) in [7, 11) is 0. The number of carbonyl (C=O) groups excluding carboxylic acids is 2. The van der Waals surface area contributed by atoms with Crippen LogP contribution in [0.5, 0.6) is 0 Å². The number of rotatable bonds is 11. The fourth-order valence-corrected chi connectivity index (χ4v) is 2.43. The molecular weight excluding hydrogens is 306 g/mol. The van der Waals surface area contributed by atoms with E-state index in [0.29, 0.717) is 17.9 Å². The highest BCUT2D eigenvalue weighted by molar-refractivity contribution is 5.83. The molecule has 0 aliphatic carbocycles. The van der Waals surface area contributed by atoms with Gasteiger partial charge in [-0.15, -0.1) is 0 Å². The average Bonchev–Trinajstić information content (AvgIpc) is 2.61. The summed E-state index contributed by atoms with van der Waals surface area (Å²) in [6, 6.07) is 8.40. The highest BCUT2D eigenvalue weighted by Crippen LogP contribution is 2.13. The number of carbonyl (C=O) groups is 2. The third kappa shape index (κ3) is 7.13. The maximum absolute atomic E-state index is 12.3. The van der Waals surface area contributed by atoms with Crippen LogP contribution in [0.2, 0.25) is 0 Å². The van der Waals surface area contributed by atoms with Gasteiger partial charge in [0.25, 0.3) is 0 Å². The molecule has 1 aromatic rings. The van der Waals surface area contributed by atoms with Gasteiger partial charge in [-0.05, 0) is 18.4 Å². The third-order valence-electron chi connectivity index (χ3n) is 3.85. The summed E-state index contributed by atoms with van der Waals surface area (Å²) in [6.07, 6.45) is 5.13. The molecule has 0 spiro atoms. The van der Waals surface area contributed by atoms with Crippen molar-refractivity contribution in [3.8, 4) is 0 Å². The van der Waals surface area contributed by atoms with E-state index in [0.717, 1.165) is 31.2 Å². The fourth-order valence-electron chi connectivity index (χ4n) is 2.43. The largest absolute Gasteiger partial charge is 0.459 e. The van der Waals surface area contributed by atoms with Crippen LogP contribution in [-0.4, -0.2) is 28.2 Å². The van der Waals surface area contributed by atoms with Crippen molar-refractivity contribution in [1.82, 2.24) is 5.06 Å². The lowest BCUT2D eigenvalue weighted by atomic mass is 10.1. The summed E-state index contributed by atoms with van der Waals surface area (Å²) in [5, 5.41) is 10.7. The van der Waals surface area contributed by atoms with Crippen LogP contribution >= 0.6 is 0 Å².